The van der Waals surface area contributed by atoms with Crippen molar-refractivity contribution in [2.75, 3.05) is 13.2 Å². The van der Waals surface area contributed by atoms with Crippen molar-refractivity contribution in [3.8, 4) is 0 Å². The second-order valence-corrected chi connectivity index (χ2v) is 4.86. The number of rotatable bonds is 3. The van der Waals surface area contributed by atoms with Crippen molar-refractivity contribution in [1.29, 1.82) is 0 Å². The van der Waals surface area contributed by atoms with Crippen LogP contribution < -0.4 is 0 Å². The molecule has 2 aliphatic carbocycles. The minimum absolute atomic E-state index is 0.375. The van der Waals surface area contributed by atoms with Crippen molar-refractivity contribution in [2.45, 2.75) is 32.3 Å². The van der Waals surface area contributed by atoms with E-state index in [-0.39, 0.29) is 0 Å². The highest BCUT2D eigenvalue weighted by Crippen LogP contribution is 2.53. The third-order valence-electron chi connectivity index (χ3n) is 3.59. The fraction of sp³-hybridized carbons (Fsp3) is 0.818. The summed E-state index contributed by atoms with van der Waals surface area (Å²) in [5.41, 5.74) is 0.375. The molecule has 2 heteroatoms. The average Bonchev–Trinajstić information content (AvgIpc) is 2.79. The van der Waals surface area contributed by atoms with Crippen LogP contribution in [-0.2, 0) is 9.47 Å². The summed E-state index contributed by atoms with van der Waals surface area (Å²) in [5.74, 6) is 2.05. The average molecular weight is 180 g/mol. The molecule has 2 nitrogen and oxygen atoms in total. The van der Waals surface area contributed by atoms with E-state index in [9.17, 15) is 0 Å². The predicted octanol–water partition coefficient (Wildman–Crippen LogP) is 2.11. The second-order valence-electron chi connectivity index (χ2n) is 4.86. The van der Waals surface area contributed by atoms with Crippen LogP contribution in [0.15, 0.2) is 11.8 Å². The van der Waals surface area contributed by atoms with Gasteiger partial charge < -0.3 is 9.47 Å². The van der Waals surface area contributed by atoms with Crippen molar-refractivity contribution < 1.29 is 9.47 Å². The summed E-state index contributed by atoms with van der Waals surface area (Å²) in [6, 6.07) is 0. The van der Waals surface area contributed by atoms with Gasteiger partial charge in [0.15, 0.2) is 0 Å². The normalized spacial score (nSPS) is 46.4. The lowest BCUT2D eigenvalue weighted by Gasteiger charge is -2.24. The van der Waals surface area contributed by atoms with E-state index in [0.717, 1.165) is 19.1 Å². The number of allylic oxidation sites excluding steroid dienone is 2. The molecule has 2 fully saturated rings. The molecule has 13 heavy (non-hydrogen) atoms. The Balaban J connectivity index is 1.66. The van der Waals surface area contributed by atoms with Gasteiger partial charge in [-0.15, -0.1) is 0 Å². The molecule has 1 aliphatic heterocycles. The van der Waals surface area contributed by atoms with Crippen LogP contribution >= 0.6 is 0 Å². The summed E-state index contributed by atoms with van der Waals surface area (Å²) in [7, 11) is 0. The lowest BCUT2D eigenvalue weighted by atomic mass is 9.88. The van der Waals surface area contributed by atoms with E-state index >= 15 is 0 Å². The molecule has 0 spiro atoms. The van der Waals surface area contributed by atoms with E-state index in [2.05, 4.69) is 13.0 Å². The number of fused-ring (bicyclic) bond motifs is 2. The van der Waals surface area contributed by atoms with Crippen molar-refractivity contribution in [3.63, 3.8) is 0 Å². The summed E-state index contributed by atoms with van der Waals surface area (Å²) in [5, 5.41) is 0. The highest BCUT2D eigenvalue weighted by molar-refractivity contribution is 5.20. The minimum Gasteiger partial charge on any atom is -0.495 e. The number of hydrogen-bond acceptors (Lipinski definition) is 2. The van der Waals surface area contributed by atoms with Crippen LogP contribution in [0.3, 0.4) is 0 Å². The molecule has 3 unspecified atom stereocenters. The quantitative estimate of drug-likeness (QED) is 0.620. The van der Waals surface area contributed by atoms with E-state index in [4.69, 9.17) is 9.47 Å². The maximum atomic E-state index is 5.80. The smallest absolute Gasteiger partial charge is 0.116 e. The van der Waals surface area contributed by atoms with E-state index in [1.54, 1.807) is 0 Å². The van der Waals surface area contributed by atoms with E-state index in [0.29, 0.717) is 11.5 Å². The van der Waals surface area contributed by atoms with E-state index in [1.807, 2.05) is 0 Å². The van der Waals surface area contributed by atoms with Gasteiger partial charge in [-0.2, -0.15) is 0 Å². The summed E-state index contributed by atoms with van der Waals surface area (Å²) in [6.07, 6.45) is 6.72. The molecule has 0 aromatic carbocycles. The van der Waals surface area contributed by atoms with Gasteiger partial charge in [0, 0.05) is 5.41 Å². The van der Waals surface area contributed by atoms with Crippen LogP contribution in [0, 0.1) is 11.3 Å². The molecule has 1 heterocycles. The lowest BCUT2D eigenvalue weighted by molar-refractivity contribution is 0.126. The molecule has 0 radical (unpaired) electrons. The van der Waals surface area contributed by atoms with Gasteiger partial charge in [-0.25, -0.2) is 0 Å². The molecule has 0 aromatic heterocycles. The van der Waals surface area contributed by atoms with Crippen LogP contribution in [0.4, 0.5) is 0 Å². The molecule has 2 bridgehead atoms. The maximum absolute atomic E-state index is 5.80. The Labute approximate surface area is 78.9 Å². The first kappa shape index (κ1) is 7.86. The monoisotopic (exact) mass is 180 g/mol. The van der Waals surface area contributed by atoms with Crippen LogP contribution in [-0.4, -0.2) is 19.3 Å². The molecule has 0 N–H and O–H groups in total. The third-order valence-corrected chi connectivity index (χ3v) is 3.59. The molecule has 1 saturated heterocycles. The molecular formula is C11H16O2. The highest BCUT2D eigenvalue weighted by Gasteiger charge is 2.44. The Morgan fingerprint density at radius 2 is 2.54 bits per heavy atom. The molecule has 1 saturated carbocycles. The second kappa shape index (κ2) is 2.50. The zero-order chi connectivity index (χ0) is 8.89. The van der Waals surface area contributed by atoms with Crippen LogP contribution in [0.1, 0.15) is 26.2 Å². The Morgan fingerprint density at radius 3 is 3.08 bits per heavy atom. The first-order valence-corrected chi connectivity index (χ1v) is 5.23. The fourth-order valence-corrected chi connectivity index (χ4v) is 2.64. The van der Waals surface area contributed by atoms with Gasteiger partial charge in [0.25, 0.3) is 0 Å². The van der Waals surface area contributed by atoms with Crippen LogP contribution in [0.2, 0.25) is 0 Å². The van der Waals surface area contributed by atoms with Gasteiger partial charge in [0.1, 0.15) is 12.7 Å². The van der Waals surface area contributed by atoms with Crippen LogP contribution in [0.5, 0.6) is 0 Å². The lowest BCUT2D eigenvalue weighted by Crippen LogP contribution is -2.16. The molecule has 0 aromatic rings. The van der Waals surface area contributed by atoms with Crippen molar-refractivity contribution in [1.82, 2.24) is 0 Å². The fourth-order valence-electron chi connectivity index (χ4n) is 2.64. The molecule has 3 atom stereocenters. The Hall–Kier alpha value is -0.500. The van der Waals surface area contributed by atoms with Gasteiger partial charge in [-0.1, -0.05) is 6.92 Å². The summed E-state index contributed by atoms with van der Waals surface area (Å²) >= 11 is 0. The Kier molecular flexibility index (Phi) is 1.51. The molecular weight excluding hydrogens is 164 g/mol. The zero-order valence-electron chi connectivity index (χ0n) is 8.08. The van der Waals surface area contributed by atoms with Gasteiger partial charge in [-0.05, 0) is 31.3 Å². The van der Waals surface area contributed by atoms with Gasteiger partial charge in [-0.3, -0.25) is 0 Å². The third kappa shape index (κ3) is 1.28. The SMILES string of the molecule is CC12CCC(C=C1OCC1CO1)C2. The first-order chi connectivity index (χ1) is 6.26. The highest BCUT2D eigenvalue weighted by atomic mass is 16.6. The van der Waals surface area contributed by atoms with E-state index < -0.39 is 0 Å². The summed E-state index contributed by atoms with van der Waals surface area (Å²) < 4.78 is 10.9. The molecule has 3 rings (SSSR count). The van der Waals surface area contributed by atoms with Gasteiger partial charge in [0.05, 0.1) is 12.4 Å². The summed E-state index contributed by atoms with van der Waals surface area (Å²) in [4.78, 5) is 0. The van der Waals surface area contributed by atoms with E-state index in [1.165, 1.54) is 25.0 Å². The van der Waals surface area contributed by atoms with Gasteiger partial charge in [0.2, 0.25) is 0 Å². The number of hydrogen-bond donors (Lipinski definition) is 0. The van der Waals surface area contributed by atoms with Crippen LogP contribution in [0.25, 0.3) is 0 Å². The maximum Gasteiger partial charge on any atom is 0.116 e. The van der Waals surface area contributed by atoms with Crippen molar-refractivity contribution in [3.05, 3.63) is 11.8 Å². The minimum atomic E-state index is 0.375. The topological polar surface area (TPSA) is 21.8 Å². The Morgan fingerprint density at radius 1 is 1.69 bits per heavy atom. The van der Waals surface area contributed by atoms with Crippen molar-refractivity contribution in [2.24, 2.45) is 11.3 Å². The van der Waals surface area contributed by atoms with Gasteiger partial charge >= 0.3 is 0 Å². The summed E-state index contributed by atoms with van der Waals surface area (Å²) in [6.45, 7) is 4.00. The number of epoxide rings is 1. The molecule has 3 aliphatic rings. The molecule has 72 valence electrons. The Bertz CT molecular complexity index is 255. The number of ether oxygens (including phenoxy) is 2. The first-order valence-electron chi connectivity index (χ1n) is 5.23. The van der Waals surface area contributed by atoms with Crippen molar-refractivity contribution >= 4 is 0 Å². The zero-order valence-corrected chi connectivity index (χ0v) is 8.08. The molecule has 0 amide bonds. The standard InChI is InChI=1S/C11H16O2/c1-11-3-2-8(5-11)4-10(11)13-7-9-6-12-9/h4,8-9H,2-3,5-7H2,1H3. The largest absolute Gasteiger partial charge is 0.495 e. The predicted molar refractivity (Wildman–Crippen MR) is 49.2 cm³/mol.